The molecule has 3 aromatic carbocycles. The molecule has 9 nitrogen and oxygen atoms in total. The van der Waals surface area contributed by atoms with Crippen LogP contribution in [0.4, 0.5) is 0 Å². The van der Waals surface area contributed by atoms with E-state index in [2.05, 4.69) is 13.8 Å². The van der Waals surface area contributed by atoms with Crippen LogP contribution >= 0.6 is 12.2 Å². The first-order chi connectivity index (χ1) is 36.4. The van der Waals surface area contributed by atoms with Crippen molar-refractivity contribution in [1.29, 1.82) is 0 Å². The molecule has 0 aliphatic carbocycles. The van der Waals surface area contributed by atoms with E-state index in [1.807, 2.05) is 97.9 Å². The lowest BCUT2D eigenvalue weighted by atomic mass is 9.94. The summed E-state index contributed by atoms with van der Waals surface area (Å²) in [7, 11) is 0. The Balaban J connectivity index is 1.41. The molecule has 0 spiro atoms. The van der Waals surface area contributed by atoms with Crippen LogP contribution in [0, 0.1) is 0 Å². The van der Waals surface area contributed by atoms with Crippen LogP contribution in [-0.2, 0) is 62.6 Å². The highest BCUT2D eigenvalue weighted by Crippen LogP contribution is 2.33. The van der Waals surface area contributed by atoms with Crippen molar-refractivity contribution < 1.29 is 42.7 Å². The Morgan fingerprint density at radius 2 is 0.824 bits per heavy atom. The summed E-state index contributed by atoms with van der Waals surface area (Å²) < 4.78 is 45.9. The topological polar surface area (TPSA) is 98.8 Å². The fourth-order valence-corrected chi connectivity index (χ4v) is 9.89. The molecular weight excluding hydrogens is 945 g/mol. The van der Waals surface area contributed by atoms with E-state index < -0.39 is 36.8 Å². The van der Waals surface area contributed by atoms with Gasteiger partial charge in [0.25, 0.3) is 0 Å². The number of hydrogen-bond donors (Lipinski definition) is 0. The molecule has 0 radical (unpaired) electrons. The van der Waals surface area contributed by atoms with Crippen molar-refractivity contribution >= 4 is 29.0 Å². The zero-order valence-electron chi connectivity index (χ0n) is 46.2. The Bertz CT molecular complexity index is 1830. The molecule has 1 unspecified atom stereocenters. The predicted molar refractivity (Wildman–Crippen MR) is 304 cm³/mol. The zero-order valence-corrected chi connectivity index (χ0v) is 47.1. The van der Waals surface area contributed by atoms with E-state index in [4.69, 9.17) is 45.4 Å². The Labute approximate surface area is 454 Å². The van der Waals surface area contributed by atoms with Gasteiger partial charge in [-0.1, -0.05) is 271 Å². The van der Waals surface area contributed by atoms with Crippen molar-refractivity contribution in [3.63, 3.8) is 0 Å². The maximum absolute atomic E-state index is 13.5. The fraction of sp³-hybridized carbons (Fsp3) is 0.672. The third kappa shape index (κ3) is 29.1. The van der Waals surface area contributed by atoms with Crippen LogP contribution in [0.2, 0.25) is 0 Å². The molecule has 0 aromatic heterocycles. The van der Waals surface area contributed by atoms with Crippen molar-refractivity contribution in [3.8, 4) is 0 Å². The van der Waals surface area contributed by atoms with Gasteiger partial charge in [0.2, 0.25) is 0 Å². The minimum atomic E-state index is -0.973. The zero-order chi connectivity index (χ0) is 52.5. The molecule has 1 aliphatic rings. The summed E-state index contributed by atoms with van der Waals surface area (Å²) >= 11 is 5.71. The Morgan fingerprint density at radius 3 is 1.23 bits per heavy atom. The summed E-state index contributed by atoms with van der Waals surface area (Å²) in [5, 5.41) is 0. The molecule has 0 N–H and O–H groups in total. The predicted octanol–water partition coefficient (Wildman–Crippen LogP) is 16.7. The maximum atomic E-state index is 13.5. The number of carbonyl (C=O) groups is 2. The van der Waals surface area contributed by atoms with Gasteiger partial charge in [0.15, 0.2) is 12.4 Å². The van der Waals surface area contributed by atoms with E-state index in [1.165, 1.54) is 128 Å². The minimum Gasteiger partial charge on any atom is -0.462 e. The van der Waals surface area contributed by atoms with E-state index in [0.29, 0.717) is 26.1 Å². The summed E-state index contributed by atoms with van der Waals surface area (Å²) in [4.78, 5) is 27.5. The van der Waals surface area contributed by atoms with Crippen molar-refractivity contribution in [2.45, 2.75) is 264 Å². The third-order valence-electron chi connectivity index (χ3n) is 14.1. The number of hydrogen-bond acceptors (Lipinski definition) is 10. The maximum Gasteiger partial charge on any atom is 0.306 e. The van der Waals surface area contributed by atoms with Crippen LogP contribution in [0.25, 0.3) is 0 Å². The van der Waals surface area contributed by atoms with E-state index in [1.54, 1.807) is 0 Å². The number of rotatable bonds is 45. The molecular formula is C64H98O9S. The quantitative estimate of drug-likeness (QED) is 0.0309. The number of ether oxygens (including phenoxy) is 7. The standard InChI is InChI=1S/C64H98O9S/c1-4-6-8-10-12-14-16-18-20-22-24-26-37-45-59(65)67-51-57(72-60(66)46-38-27-25-23-21-19-17-15-13-11-9-7-5-2)52-71-64-63(70-50-56-43-35-30-36-44-56)62(69-49-55-41-33-29-34-42-55)61(58(73-64)47-53(3)74)68-48-54-39-31-28-32-40-54/h28-36,39-44,57-58,61-64H,4-27,37-38,45-52H2,1-3H3/t57?,58-,61-,62+,63-,64+/m1/s1. The number of unbranched alkanes of at least 4 members (excludes halogenated alkanes) is 24. The molecule has 0 saturated carbocycles. The van der Waals surface area contributed by atoms with E-state index >= 15 is 0 Å². The van der Waals surface area contributed by atoms with Crippen LogP contribution in [0.5, 0.6) is 0 Å². The Morgan fingerprint density at radius 1 is 0.459 bits per heavy atom. The molecule has 1 aliphatic heterocycles. The second kappa shape index (κ2) is 41.6. The summed E-state index contributed by atoms with van der Waals surface area (Å²) in [5.41, 5.74) is 2.99. The average molecular weight is 1040 g/mol. The van der Waals surface area contributed by atoms with Gasteiger partial charge in [-0.15, -0.1) is 0 Å². The molecule has 4 rings (SSSR count). The Hall–Kier alpha value is -3.51. The van der Waals surface area contributed by atoms with Gasteiger partial charge >= 0.3 is 11.9 Å². The van der Waals surface area contributed by atoms with Gasteiger partial charge in [-0.25, -0.2) is 0 Å². The molecule has 10 heteroatoms. The van der Waals surface area contributed by atoms with Gasteiger partial charge in [0.1, 0.15) is 24.9 Å². The van der Waals surface area contributed by atoms with Crippen LogP contribution in [-0.4, -0.2) is 66.8 Å². The van der Waals surface area contributed by atoms with E-state index in [0.717, 1.165) is 60.1 Å². The molecule has 6 atom stereocenters. The molecule has 414 valence electrons. The lowest BCUT2D eigenvalue weighted by molar-refractivity contribution is -0.325. The fourth-order valence-electron chi connectivity index (χ4n) is 9.72. The number of esters is 2. The molecule has 1 fully saturated rings. The third-order valence-corrected chi connectivity index (χ3v) is 14.2. The lowest BCUT2D eigenvalue weighted by Gasteiger charge is -2.46. The summed E-state index contributed by atoms with van der Waals surface area (Å²) in [6.07, 6.45) is 28.5. The van der Waals surface area contributed by atoms with Gasteiger partial charge in [-0.2, -0.15) is 0 Å². The first-order valence-corrected chi connectivity index (χ1v) is 29.8. The molecule has 74 heavy (non-hydrogen) atoms. The van der Waals surface area contributed by atoms with Crippen LogP contribution < -0.4 is 0 Å². The van der Waals surface area contributed by atoms with Gasteiger partial charge in [-0.3, -0.25) is 9.59 Å². The number of benzene rings is 3. The summed E-state index contributed by atoms with van der Waals surface area (Å²) in [5.74, 6) is -0.629. The largest absolute Gasteiger partial charge is 0.462 e. The van der Waals surface area contributed by atoms with Crippen molar-refractivity contribution in [2.24, 2.45) is 0 Å². The summed E-state index contributed by atoms with van der Waals surface area (Å²) in [6.45, 7) is 7.11. The van der Waals surface area contributed by atoms with Crippen molar-refractivity contribution in [3.05, 3.63) is 108 Å². The van der Waals surface area contributed by atoms with Gasteiger partial charge in [-0.05, 0) is 41.3 Å². The summed E-state index contributed by atoms with van der Waals surface area (Å²) in [6, 6.07) is 30.0. The second-order valence-corrected chi connectivity index (χ2v) is 21.5. The number of carbonyl (C=O) groups excluding carboxylic acids is 2. The molecule has 0 amide bonds. The van der Waals surface area contributed by atoms with Crippen LogP contribution in [0.15, 0.2) is 91.0 Å². The lowest BCUT2D eigenvalue weighted by Crippen LogP contribution is -2.61. The second-order valence-electron chi connectivity index (χ2n) is 20.8. The van der Waals surface area contributed by atoms with Gasteiger partial charge < -0.3 is 33.2 Å². The van der Waals surface area contributed by atoms with Crippen molar-refractivity contribution in [1.82, 2.24) is 0 Å². The Kier molecular flexibility index (Phi) is 35.5. The first kappa shape index (κ1) is 63.0. The minimum absolute atomic E-state index is 0.0868. The van der Waals surface area contributed by atoms with E-state index in [9.17, 15) is 9.59 Å². The average Bonchev–Trinajstić information content (AvgIpc) is 3.41. The van der Waals surface area contributed by atoms with Gasteiger partial charge in [0, 0.05) is 19.3 Å². The monoisotopic (exact) mass is 1040 g/mol. The van der Waals surface area contributed by atoms with Gasteiger partial charge in [0.05, 0.1) is 32.5 Å². The smallest absolute Gasteiger partial charge is 0.306 e. The SMILES string of the molecule is CCCCCCCCCCCCCCCC(=O)OCC(CO[C@H]1O[C@H](CC(C)=S)[C@@H](OCc2ccccc2)[C@H](OCc2ccccc2)[C@H]1OCc1ccccc1)OC(=O)CCCCCCCCCCCCCCC. The number of thiocarbonyl (C=S) groups is 1. The molecule has 0 bridgehead atoms. The molecule has 1 heterocycles. The van der Waals surface area contributed by atoms with Crippen LogP contribution in [0.1, 0.15) is 224 Å². The highest BCUT2D eigenvalue weighted by Gasteiger charge is 2.49. The first-order valence-electron chi connectivity index (χ1n) is 29.4. The molecule has 1 saturated heterocycles. The molecule has 3 aromatic rings. The van der Waals surface area contributed by atoms with E-state index in [-0.39, 0.29) is 38.2 Å². The highest BCUT2D eigenvalue weighted by atomic mass is 32.1. The van der Waals surface area contributed by atoms with Crippen molar-refractivity contribution in [2.75, 3.05) is 13.2 Å². The highest BCUT2D eigenvalue weighted by molar-refractivity contribution is 7.80. The van der Waals surface area contributed by atoms with Crippen LogP contribution in [0.3, 0.4) is 0 Å². The normalized spacial score (nSPS) is 18.0.